The van der Waals surface area contributed by atoms with Crippen LogP contribution in [0.15, 0.2) is 47.4 Å². The number of halogens is 1. The van der Waals surface area contributed by atoms with E-state index in [9.17, 15) is 8.42 Å². The highest BCUT2D eigenvalue weighted by atomic mass is 35.5. The van der Waals surface area contributed by atoms with Crippen LogP contribution in [0.3, 0.4) is 0 Å². The van der Waals surface area contributed by atoms with Gasteiger partial charge in [0.15, 0.2) is 9.84 Å². The second-order valence-corrected chi connectivity index (χ2v) is 9.67. The molecule has 6 nitrogen and oxygen atoms in total. The van der Waals surface area contributed by atoms with Crippen molar-refractivity contribution >= 4 is 21.4 Å². The molecule has 2 aromatic carbocycles. The Hall–Kier alpha value is -2.11. The van der Waals surface area contributed by atoms with Gasteiger partial charge < -0.3 is 15.0 Å². The summed E-state index contributed by atoms with van der Waals surface area (Å²) in [6, 6.07) is 14.3. The van der Waals surface area contributed by atoms with E-state index in [1.54, 1.807) is 30.3 Å². The molecule has 0 amide bonds. The predicted octanol–water partition coefficient (Wildman–Crippen LogP) is 2.51. The maximum atomic E-state index is 11.5. The molecule has 1 N–H and O–H groups in total. The Morgan fingerprint density at radius 1 is 1.28 bits per heavy atom. The van der Waals surface area contributed by atoms with Crippen molar-refractivity contribution in [2.24, 2.45) is 0 Å². The summed E-state index contributed by atoms with van der Waals surface area (Å²) in [4.78, 5) is 2.65. The molecule has 29 heavy (non-hydrogen) atoms. The van der Waals surface area contributed by atoms with Gasteiger partial charge in [-0.15, -0.1) is 0 Å². The molecule has 154 valence electrons. The summed E-state index contributed by atoms with van der Waals surface area (Å²) < 4.78 is 28.9. The van der Waals surface area contributed by atoms with E-state index in [1.807, 2.05) is 12.1 Å². The zero-order chi connectivity index (χ0) is 20.9. The summed E-state index contributed by atoms with van der Waals surface area (Å²) >= 11 is 6.08. The molecule has 1 heterocycles. The summed E-state index contributed by atoms with van der Waals surface area (Å²) in [5.74, 6) is 0.652. The molecule has 0 bridgehead atoms. The minimum atomic E-state index is -3.20. The third kappa shape index (κ3) is 6.44. The Kier molecular flexibility index (Phi) is 7.14. The second-order valence-electron chi connectivity index (χ2n) is 7.22. The van der Waals surface area contributed by atoms with Crippen LogP contribution in [0.4, 0.5) is 0 Å². The van der Waals surface area contributed by atoms with Crippen molar-refractivity contribution in [3.8, 4) is 11.8 Å². The lowest BCUT2D eigenvalue weighted by molar-refractivity contribution is 0.159. The molecule has 0 saturated carbocycles. The smallest absolute Gasteiger partial charge is 0.175 e. The lowest BCUT2D eigenvalue weighted by atomic mass is 10.1. The van der Waals surface area contributed by atoms with Gasteiger partial charge in [0.2, 0.25) is 0 Å². The van der Waals surface area contributed by atoms with E-state index in [0.717, 1.165) is 38.2 Å². The van der Waals surface area contributed by atoms with Crippen molar-refractivity contribution in [2.45, 2.75) is 17.4 Å². The number of benzene rings is 2. The van der Waals surface area contributed by atoms with E-state index in [-0.39, 0.29) is 10.9 Å². The minimum Gasteiger partial charge on any atom is -0.492 e. The molecular formula is C21H24ClN3O3S. The molecular weight excluding hydrogens is 410 g/mol. The van der Waals surface area contributed by atoms with Gasteiger partial charge >= 0.3 is 0 Å². The molecule has 1 saturated heterocycles. The highest BCUT2D eigenvalue weighted by Gasteiger charge is 2.20. The zero-order valence-electron chi connectivity index (χ0n) is 16.3. The summed E-state index contributed by atoms with van der Waals surface area (Å²) in [7, 11) is -3.20. The number of piperazine rings is 1. The van der Waals surface area contributed by atoms with E-state index in [2.05, 4.69) is 16.3 Å². The number of nitrogens with one attached hydrogen (secondary N) is 1. The first-order valence-corrected chi connectivity index (χ1v) is 11.7. The fourth-order valence-corrected chi connectivity index (χ4v) is 4.22. The van der Waals surface area contributed by atoms with E-state index in [1.165, 1.54) is 6.26 Å². The van der Waals surface area contributed by atoms with Crippen LogP contribution >= 0.6 is 11.6 Å². The number of hydrogen-bond acceptors (Lipinski definition) is 6. The van der Waals surface area contributed by atoms with Crippen LogP contribution in [0.2, 0.25) is 5.02 Å². The molecule has 3 rings (SSSR count). The van der Waals surface area contributed by atoms with Gasteiger partial charge in [0.25, 0.3) is 0 Å². The van der Waals surface area contributed by atoms with Crippen LogP contribution in [-0.4, -0.2) is 58.4 Å². The van der Waals surface area contributed by atoms with Gasteiger partial charge in [0.1, 0.15) is 12.4 Å². The van der Waals surface area contributed by atoms with Crippen molar-refractivity contribution < 1.29 is 13.2 Å². The number of hydrogen-bond donors (Lipinski definition) is 1. The Morgan fingerprint density at radius 2 is 2.03 bits per heavy atom. The maximum Gasteiger partial charge on any atom is 0.175 e. The first kappa shape index (κ1) is 21.6. The van der Waals surface area contributed by atoms with Crippen molar-refractivity contribution in [2.75, 3.05) is 39.0 Å². The second kappa shape index (κ2) is 9.59. The topological polar surface area (TPSA) is 82.4 Å². The Labute approximate surface area is 177 Å². The largest absolute Gasteiger partial charge is 0.492 e. The molecule has 0 spiro atoms. The SMILES string of the molecule is CS(=O)(=O)c1ccc(OC[C@@H]2CN(CCc3cc(Cl)cc(C#N)c3)CCN2)cc1. The minimum absolute atomic E-state index is 0.187. The van der Waals surface area contributed by atoms with Crippen LogP contribution in [0.1, 0.15) is 11.1 Å². The quantitative estimate of drug-likeness (QED) is 0.722. The lowest BCUT2D eigenvalue weighted by Gasteiger charge is -2.33. The summed E-state index contributed by atoms with van der Waals surface area (Å²) in [5, 5.41) is 13.1. The summed E-state index contributed by atoms with van der Waals surface area (Å²) in [6.45, 7) is 4.06. The van der Waals surface area contributed by atoms with Crippen molar-refractivity contribution in [3.05, 3.63) is 58.6 Å². The molecule has 1 fully saturated rings. The van der Waals surface area contributed by atoms with Crippen LogP contribution in [0, 0.1) is 11.3 Å². The van der Waals surface area contributed by atoms with Gasteiger partial charge in [-0.2, -0.15) is 5.26 Å². The van der Waals surface area contributed by atoms with Gasteiger partial charge in [-0.05, 0) is 54.4 Å². The Bertz CT molecular complexity index is 987. The number of sulfone groups is 1. The fourth-order valence-electron chi connectivity index (χ4n) is 3.34. The highest BCUT2D eigenvalue weighted by Crippen LogP contribution is 2.17. The van der Waals surface area contributed by atoms with Gasteiger partial charge in [0.05, 0.1) is 22.6 Å². The zero-order valence-corrected chi connectivity index (χ0v) is 17.8. The summed E-state index contributed by atoms with van der Waals surface area (Å²) in [6.07, 6.45) is 2.02. The van der Waals surface area contributed by atoms with Crippen molar-refractivity contribution in [3.63, 3.8) is 0 Å². The Balaban J connectivity index is 1.49. The maximum absolute atomic E-state index is 11.5. The molecule has 0 radical (unpaired) electrons. The van der Waals surface area contributed by atoms with Crippen molar-refractivity contribution in [1.29, 1.82) is 5.26 Å². The molecule has 0 aromatic heterocycles. The standard InChI is InChI=1S/C21H24ClN3O3S/c1-29(26,27)21-4-2-20(3-5-21)28-15-19-14-25(9-7-24-19)8-6-16-10-17(13-23)12-18(22)11-16/h2-5,10-12,19,24H,6-9,14-15H2,1H3/t19-/m0/s1. The number of ether oxygens (including phenoxy) is 1. The van der Waals surface area contributed by atoms with Gasteiger partial charge in [-0.25, -0.2) is 8.42 Å². The van der Waals surface area contributed by atoms with Gasteiger partial charge in [-0.3, -0.25) is 0 Å². The average molecular weight is 434 g/mol. The number of nitriles is 1. The van der Waals surface area contributed by atoms with E-state index in [4.69, 9.17) is 21.6 Å². The lowest BCUT2D eigenvalue weighted by Crippen LogP contribution is -2.53. The van der Waals surface area contributed by atoms with Crippen molar-refractivity contribution in [1.82, 2.24) is 10.2 Å². The molecule has 1 atom stereocenters. The molecule has 0 unspecified atom stereocenters. The Morgan fingerprint density at radius 3 is 2.72 bits per heavy atom. The van der Waals surface area contributed by atoms with Crippen LogP contribution in [0.5, 0.6) is 5.75 Å². The first-order chi connectivity index (χ1) is 13.8. The molecule has 0 aliphatic carbocycles. The number of rotatable bonds is 7. The third-order valence-electron chi connectivity index (χ3n) is 4.85. The van der Waals surface area contributed by atoms with Crippen LogP contribution in [-0.2, 0) is 16.3 Å². The normalized spacial score (nSPS) is 17.6. The van der Waals surface area contributed by atoms with E-state index < -0.39 is 9.84 Å². The molecule has 2 aromatic rings. The molecule has 1 aliphatic rings. The highest BCUT2D eigenvalue weighted by molar-refractivity contribution is 7.90. The fraction of sp³-hybridized carbons (Fsp3) is 0.381. The third-order valence-corrected chi connectivity index (χ3v) is 6.19. The average Bonchev–Trinajstić information content (AvgIpc) is 2.70. The van der Waals surface area contributed by atoms with Gasteiger partial charge in [0, 0.05) is 37.5 Å². The molecule has 8 heteroatoms. The number of nitrogens with zero attached hydrogens (tertiary/aromatic N) is 2. The monoisotopic (exact) mass is 433 g/mol. The molecule has 1 aliphatic heterocycles. The van der Waals surface area contributed by atoms with Gasteiger partial charge in [-0.1, -0.05) is 11.6 Å². The predicted molar refractivity (Wildman–Crippen MR) is 113 cm³/mol. The van der Waals surface area contributed by atoms with Crippen LogP contribution in [0.25, 0.3) is 0 Å². The first-order valence-electron chi connectivity index (χ1n) is 9.42. The van der Waals surface area contributed by atoms with E-state index >= 15 is 0 Å². The summed E-state index contributed by atoms with van der Waals surface area (Å²) in [5.41, 5.74) is 1.65. The van der Waals surface area contributed by atoms with E-state index in [0.29, 0.717) is 22.9 Å². The van der Waals surface area contributed by atoms with Crippen LogP contribution < -0.4 is 10.1 Å².